The number of hydrogen-bond donors (Lipinski definition) is 2. The second-order valence-electron chi connectivity index (χ2n) is 4.26. The predicted molar refractivity (Wildman–Crippen MR) is 53.2 cm³/mol. The van der Waals surface area contributed by atoms with E-state index in [9.17, 15) is 10.2 Å². The van der Waals surface area contributed by atoms with E-state index in [-0.39, 0.29) is 6.10 Å². The Balaban J connectivity index is 1.89. The first-order valence-electron chi connectivity index (χ1n) is 4.79. The molecule has 0 radical (unpaired) electrons. The SMILES string of the molecule is CC(C)(O)O[C@H]1CO[C@@H]([C@@H]2CS2)[C@@H]1O. The van der Waals surface area contributed by atoms with Crippen LogP contribution in [0.4, 0.5) is 0 Å². The first-order chi connectivity index (χ1) is 6.47. The summed E-state index contributed by atoms with van der Waals surface area (Å²) in [5.41, 5.74) is 0. The highest BCUT2D eigenvalue weighted by molar-refractivity contribution is 8.06. The van der Waals surface area contributed by atoms with Crippen LogP contribution >= 0.6 is 11.8 Å². The zero-order chi connectivity index (χ0) is 10.3. The normalized spacial score (nSPS) is 42.9. The third kappa shape index (κ3) is 2.41. The molecule has 2 heterocycles. The molecule has 5 heteroatoms. The van der Waals surface area contributed by atoms with Crippen LogP contribution in [0.5, 0.6) is 0 Å². The molecule has 14 heavy (non-hydrogen) atoms. The summed E-state index contributed by atoms with van der Waals surface area (Å²) in [4.78, 5) is 0. The summed E-state index contributed by atoms with van der Waals surface area (Å²) < 4.78 is 10.7. The quantitative estimate of drug-likeness (QED) is 0.517. The van der Waals surface area contributed by atoms with Crippen LogP contribution in [0.1, 0.15) is 13.8 Å². The van der Waals surface area contributed by atoms with Gasteiger partial charge in [-0.15, -0.1) is 0 Å². The second-order valence-corrected chi connectivity index (χ2v) is 5.54. The van der Waals surface area contributed by atoms with Crippen LogP contribution < -0.4 is 0 Å². The lowest BCUT2D eigenvalue weighted by molar-refractivity contribution is -0.217. The molecule has 82 valence electrons. The lowest BCUT2D eigenvalue weighted by Crippen LogP contribution is -2.40. The largest absolute Gasteiger partial charge is 0.388 e. The zero-order valence-electron chi connectivity index (χ0n) is 8.34. The molecule has 2 aliphatic rings. The average molecular weight is 220 g/mol. The molecule has 0 aliphatic carbocycles. The first-order valence-corrected chi connectivity index (χ1v) is 5.84. The Morgan fingerprint density at radius 2 is 2.14 bits per heavy atom. The molecule has 4 nitrogen and oxygen atoms in total. The van der Waals surface area contributed by atoms with E-state index in [1.54, 1.807) is 25.6 Å². The van der Waals surface area contributed by atoms with Gasteiger partial charge in [0.15, 0.2) is 5.79 Å². The minimum atomic E-state index is -1.21. The number of hydrogen-bond acceptors (Lipinski definition) is 5. The molecule has 2 fully saturated rings. The summed E-state index contributed by atoms with van der Waals surface area (Å²) in [7, 11) is 0. The summed E-state index contributed by atoms with van der Waals surface area (Å²) in [6.07, 6.45) is -1.13. The predicted octanol–water partition coefficient (Wildman–Crippen LogP) is -0.0249. The molecule has 0 aromatic rings. The van der Waals surface area contributed by atoms with Crippen LogP contribution in [0, 0.1) is 0 Å². The fraction of sp³-hybridized carbons (Fsp3) is 1.00. The smallest absolute Gasteiger partial charge is 0.160 e. The van der Waals surface area contributed by atoms with Gasteiger partial charge in [0, 0.05) is 11.0 Å². The highest BCUT2D eigenvalue weighted by atomic mass is 32.2. The first kappa shape index (κ1) is 10.7. The molecule has 0 aromatic heterocycles. The minimum absolute atomic E-state index is 0.118. The number of thioether (sulfide) groups is 1. The van der Waals surface area contributed by atoms with E-state index >= 15 is 0 Å². The van der Waals surface area contributed by atoms with Crippen LogP contribution in [-0.2, 0) is 9.47 Å². The van der Waals surface area contributed by atoms with Gasteiger partial charge < -0.3 is 19.7 Å². The van der Waals surface area contributed by atoms with Crippen LogP contribution in [-0.4, -0.2) is 51.9 Å². The fourth-order valence-electron chi connectivity index (χ4n) is 1.66. The highest BCUT2D eigenvalue weighted by Gasteiger charge is 2.47. The van der Waals surface area contributed by atoms with Crippen molar-refractivity contribution in [1.29, 1.82) is 0 Å². The van der Waals surface area contributed by atoms with Gasteiger partial charge in [-0.2, -0.15) is 11.8 Å². The van der Waals surface area contributed by atoms with E-state index in [0.717, 1.165) is 5.75 Å². The maximum atomic E-state index is 9.85. The Bertz CT molecular complexity index is 211. The van der Waals surface area contributed by atoms with Gasteiger partial charge >= 0.3 is 0 Å². The molecule has 2 rings (SSSR count). The van der Waals surface area contributed by atoms with Gasteiger partial charge in [-0.25, -0.2) is 0 Å². The van der Waals surface area contributed by atoms with Crippen LogP contribution in [0.3, 0.4) is 0 Å². The Labute approximate surface area is 87.6 Å². The van der Waals surface area contributed by atoms with Crippen molar-refractivity contribution in [3.8, 4) is 0 Å². The Kier molecular flexibility index (Phi) is 2.79. The molecule has 4 atom stereocenters. The molecule has 0 bridgehead atoms. The van der Waals surface area contributed by atoms with E-state index in [0.29, 0.717) is 11.9 Å². The van der Waals surface area contributed by atoms with Gasteiger partial charge in [-0.05, 0) is 13.8 Å². The number of ether oxygens (including phenoxy) is 2. The summed E-state index contributed by atoms with van der Waals surface area (Å²) in [6, 6.07) is 0. The lowest BCUT2D eigenvalue weighted by Gasteiger charge is -2.25. The van der Waals surface area contributed by atoms with Crippen molar-refractivity contribution in [2.24, 2.45) is 0 Å². The van der Waals surface area contributed by atoms with Crippen LogP contribution in [0.15, 0.2) is 0 Å². The van der Waals surface area contributed by atoms with Crippen molar-refractivity contribution in [2.75, 3.05) is 12.4 Å². The molecule has 0 saturated carbocycles. The van der Waals surface area contributed by atoms with Crippen molar-refractivity contribution in [2.45, 2.75) is 43.2 Å². The van der Waals surface area contributed by atoms with Gasteiger partial charge in [-0.1, -0.05) is 0 Å². The van der Waals surface area contributed by atoms with Crippen molar-refractivity contribution in [3.63, 3.8) is 0 Å². The second kappa shape index (κ2) is 3.64. The molecule has 2 saturated heterocycles. The van der Waals surface area contributed by atoms with Crippen LogP contribution in [0.2, 0.25) is 0 Å². The summed E-state index contributed by atoms with van der Waals surface area (Å²) in [5.74, 6) is -0.155. The molecule has 0 aromatic carbocycles. The Hall–Kier alpha value is 0.190. The van der Waals surface area contributed by atoms with E-state index in [1.807, 2.05) is 0 Å². The van der Waals surface area contributed by atoms with E-state index < -0.39 is 18.0 Å². The summed E-state index contributed by atoms with van der Waals surface area (Å²) in [5, 5.41) is 19.7. The summed E-state index contributed by atoms with van der Waals surface area (Å²) >= 11 is 1.79. The maximum absolute atomic E-state index is 9.85. The van der Waals surface area contributed by atoms with E-state index in [2.05, 4.69) is 0 Å². The van der Waals surface area contributed by atoms with Gasteiger partial charge in [0.25, 0.3) is 0 Å². The standard InChI is InChI=1S/C9H16O4S/c1-9(2,11)13-5-3-12-8(7(5)10)6-4-14-6/h5-8,10-11H,3-4H2,1-2H3/t5-,6-,7+,8-/m0/s1. The fourth-order valence-corrected chi connectivity index (χ4v) is 2.39. The number of aliphatic hydroxyl groups excluding tert-OH is 1. The monoisotopic (exact) mass is 220 g/mol. The van der Waals surface area contributed by atoms with Crippen LogP contribution in [0.25, 0.3) is 0 Å². The van der Waals surface area contributed by atoms with Gasteiger partial charge in [0.05, 0.1) is 12.7 Å². The minimum Gasteiger partial charge on any atom is -0.388 e. The van der Waals surface area contributed by atoms with Gasteiger partial charge in [-0.3, -0.25) is 0 Å². The Morgan fingerprint density at radius 3 is 2.64 bits per heavy atom. The van der Waals surface area contributed by atoms with Gasteiger partial charge in [0.2, 0.25) is 0 Å². The molecule has 0 unspecified atom stereocenters. The molecular formula is C9H16O4S. The lowest BCUT2D eigenvalue weighted by atomic mass is 10.1. The molecule has 2 aliphatic heterocycles. The molecule has 0 spiro atoms. The maximum Gasteiger partial charge on any atom is 0.160 e. The van der Waals surface area contributed by atoms with E-state index in [1.165, 1.54) is 0 Å². The van der Waals surface area contributed by atoms with Crippen molar-refractivity contribution in [1.82, 2.24) is 0 Å². The third-order valence-corrected chi connectivity index (χ3v) is 3.32. The molecule has 2 N–H and O–H groups in total. The van der Waals surface area contributed by atoms with E-state index in [4.69, 9.17) is 9.47 Å². The summed E-state index contributed by atoms with van der Waals surface area (Å²) in [6.45, 7) is 3.48. The zero-order valence-corrected chi connectivity index (χ0v) is 9.16. The average Bonchev–Trinajstić information content (AvgIpc) is 2.79. The van der Waals surface area contributed by atoms with Crippen molar-refractivity contribution in [3.05, 3.63) is 0 Å². The van der Waals surface area contributed by atoms with Gasteiger partial charge in [0.1, 0.15) is 12.2 Å². The third-order valence-electron chi connectivity index (χ3n) is 2.34. The Morgan fingerprint density at radius 1 is 1.50 bits per heavy atom. The molecular weight excluding hydrogens is 204 g/mol. The topological polar surface area (TPSA) is 58.9 Å². The highest BCUT2D eigenvalue weighted by Crippen LogP contribution is 2.39. The van der Waals surface area contributed by atoms with Crippen molar-refractivity contribution < 1.29 is 19.7 Å². The number of aliphatic hydroxyl groups is 2. The molecule has 0 amide bonds. The van der Waals surface area contributed by atoms with Crippen molar-refractivity contribution >= 4 is 11.8 Å². The number of rotatable bonds is 3.